The average Bonchev–Trinajstić information content (AvgIpc) is 2.26. The van der Waals surface area contributed by atoms with Gasteiger partial charge < -0.3 is 10.4 Å². The van der Waals surface area contributed by atoms with Gasteiger partial charge in [-0.1, -0.05) is 39.0 Å². The number of hydrogen-bond donors (Lipinski definition) is 2. The molecule has 0 saturated carbocycles. The van der Waals surface area contributed by atoms with Crippen LogP contribution in [0.2, 0.25) is 0 Å². The van der Waals surface area contributed by atoms with Gasteiger partial charge in [0.25, 0.3) is 0 Å². The van der Waals surface area contributed by atoms with Gasteiger partial charge in [0, 0.05) is 6.54 Å². The molecule has 0 saturated heterocycles. The number of benzene rings is 1. The highest BCUT2D eigenvalue weighted by molar-refractivity contribution is 5.76. The van der Waals surface area contributed by atoms with Gasteiger partial charge in [-0.25, -0.2) is 0 Å². The fraction of sp³-hybridized carbons (Fsp3) is 0.500. The van der Waals surface area contributed by atoms with Crippen molar-refractivity contribution in [1.82, 2.24) is 5.32 Å². The maximum Gasteiger partial charge on any atom is 0.245 e. The number of carbonyl (C=O) groups is 1. The molecule has 0 fully saturated rings. The number of hydrogen-bond acceptors (Lipinski definition) is 2. The van der Waals surface area contributed by atoms with Crippen LogP contribution in [-0.2, 0) is 16.8 Å². The molecule has 1 rings (SSSR count). The maximum absolute atomic E-state index is 11.0. The number of carbonyl (C=O) groups excluding carboxylic acids is 1. The Morgan fingerprint density at radius 2 is 2.00 bits per heavy atom. The fourth-order valence-electron chi connectivity index (χ4n) is 1.58. The van der Waals surface area contributed by atoms with Gasteiger partial charge >= 0.3 is 0 Å². The van der Waals surface area contributed by atoms with E-state index in [0.29, 0.717) is 6.54 Å². The van der Waals surface area contributed by atoms with E-state index in [4.69, 9.17) is 5.11 Å². The van der Waals surface area contributed by atoms with Crippen molar-refractivity contribution in [3.05, 3.63) is 34.9 Å². The van der Waals surface area contributed by atoms with E-state index >= 15 is 0 Å². The van der Waals surface area contributed by atoms with Crippen molar-refractivity contribution < 1.29 is 9.90 Å². The van der Waals surface area contributed by atoms with Crippen LogP contribution in [0.15, 0.2) is 18.2 Å². The maximum atomic E-state index is 11.0. The largest absolute Gasteiger partial charge is 0.387 e. The third-order valence-electron chi connectivity index (χ3n) is 2.83. The molecule has 1 aromatic rings. The fourth-order valence-corrected chi connectivity index (χ4v) is 1.58. The average molecular weight is 235 g/mol. The van der Waals surface area contributed by atoms with Crippen molar-refractivity contribution in [3.8, 4) is 0 Å². The monoisotopic (exact) mass is 235 g/mol. The standard InChI is InChI=1S/C14H21NO2/c1-10-5-6-12(14(2,3)4)7-11(10)8-15-13(17)9-16/h5-7,16H,8-9H2,1-4H3,(H,15,17). The van der Waals surface area contributed by atoms with Crippen molar-refractivity contribution >= 4 is 5.91 Å². The van der Waals surface area contributed by atoms with E-state index in [1.807, 2.05) is 6.92 Å². The first kappa shape index (κ1) is 13.7. The van der Waals surface area contributed by atoms with Gasteiger partial charge in [-0.05, 0) is 29.0 Å². The van der Waals surface area contributed by atoms with E-state index in [9.17, 15) is 4.79 Å². The Morgan fingerprint density at radius 3 is 2.53 bits per heavy atom. The zero-order valence-corrected chi connectivity index (χ0v) is 11.0. The summed E-state index contributed by atoms with van der Waals surface area (Å²) in [5, 5.41) is 11.3. The summed E-state index contributed by atoms with van der Waals surface area (Å²) < 4.78 is 0. The highest BCUT2D eigenvalue weighted by Crippen LogP contribution is 2.24. The molecule has 0 aliphatic carbocycles. The number of rotatable bonds is 3. The minimum Gasteiger partial charge on any atom is -0.387 e. The van der Waals surface area contributed by atoms with Crippen LogP contribution in [-0.4, -0.2) is 17.6 Å². The molecule has 0 aliphatic rings. The van der Waals surface area contributed by atoms with E-state index in [-0.39, 0.29) is 11.3 Å². The summed E-state index contributed by atoms with van der Waals surface area (Å²) >= 11 is 0. The van der Waals surface area contributed by atoms with Gasteiger partial charge in [0.05, 0.1) is 0 Å². The van der Waals surface area contributed by atoms with E-state index in [2.05, 4.69) is 44.3 Å². The van der Waals surface area contributed by atoms with Gasteiger partial charge in [0.1, 0.15) is 6.61 Å². The Labute approximate surface area is 103 Å². The molecule has 0 spiro atoms. The van der Waals surface area contributed by atoms with Crippen LogP contribution in [0.3, 0.4) is 0 Å². The van der Waals surface area contributed by atoms with Crippen LogP contribution in [0.5, 0.6) is 0 Å². The van der Waals surface area contributed by atoms with Crippen LogP contribution >= 0.6 is 0 Å². The highest BCUT2D eigenvalue weighted by atomic mass is 16.3. The second-order valence-corrected chi connectivity index (χ2v) is 5.33. The molecule has 3 heteroatoms. The smallest absolute Gasteiger partial charge is 0.245 e. The highest BCUT2D eigenvalue weighted by Gasteiger charge is 2.14. The molecule has 1 aromatic carbocycles. The number of aryl methyl sites for hydroxylation is 1. The molecule has 94 valence electrons. The molecule has 3 nitrogen and oxygen atoms in total. The summed E-state index contributed by atoms with van der Waals surface area (Å²) in [7, 11) is 0. The predicted molar refractivity (Wildman–Crippen MR) is 68.8 cm³/mol. The van der Waals surface area contributed by atoms with Crippen molar-refractivity contribution in [3.63, 3.8) is 0 Å². The van der Waals surface area contributed by atoms with E-state index < -0.39 is 6.61 Å². The number of aliphatic hydroxyl groups excluding tert-OH is 1. The quantitative estimate of drug-likeness (QED) is 0.840. The molecule has 1 amide bonds. The van der Waals surface area contributed by atoms with Crippen molar-refractivity contribution in [2.24, 2.45) is 0 Å². The predicted octanol–water partition coefficient (Wildman–Crippen LogP) is 1.90. The van der Waals surface area contributed by atoms with Gasteiger partial charge in [0.15, 0.2) is 0 Å². The summed E-state index contributed by atoms with van der Waals surface area (Å²) in [5.41, 5.74) is 3.59. The molecule has 0 heterocycles. The lowest BCUT2D eigenvalue weighted by Gasteiger charge is -2.21. The van der Waals surface area contributed by atoms with Gasteiger partial charge in [-0.3, -0.25) is 4.79 Å². The summed E-state index contributed by atoms with van der Waals surface area (Å²) in [6.07, 6.45) is 0. The van der Waals surface area contributed by atoms with Gasteiger partial charge in [-0.15, -0.1) is 0 Å². The SMILES string of the molecule is Cc1ccc(C(C)(C)C)cc1CNC(=O)CO. The van der Waals surface area contributed by atoms with E-state index in [0.717, 1.165) is 11.1 Å². The van der Waals surface area contributed by atoms with Crippen molar-refractivity contribution in [1.29, 1.82) is 0 Å². The molecule has 2 N–H and O–H groups in total. The van der Waals surface area contributed by atoms with E-state index in [1.165, 1.54) is 5.56 Å². The Morgan fingerprint density at radius 1 is 1.35 bits per heavy atom. The molecule has 0 aromatic heterocycles. The summed E-state index contributed by atoms with van der Waals surface area (Å²) in [6.45, 7) is 8.51. The zero-order valence-electron chi connectivity index (χ0n) is 11.0. The molecule has 0 aliphatic heterocycles. The number of amides is 1. The lowest BCUT2D eigenvalue weighted by molar-refractivity contribution is -0.123. The molecule has 0 unspecified atom stereocenters. The minimum atomic E-state index is -0.460. The molecular weight excluding hydrogens is 214 g/mol. The van der Waals surface area contributed by atoms with Crippen LogP contribution in [0.25, 0.3) is 0 Å². The van der Waals surface area contributed by atoms with Crippen LogP contribution in [0.1, 0.15) is 37.5 Å². The molecular formula is C14H21NO2. The lowest BCUT2D eigenvalue weighted by atomic mass is 9.85. The van der Waals surface area contributed by atoms with Crippen molar-refractivity contribution in [2.75, 3.05) is 6.61 Å². The Kier molecular flexibility index (Phi) is 4.29. The minimum absolute atomic E-state index is 0.101. The summed E-state index contributed by atoms with van der Waals surface area (Å²) in [5.74, 6) is -0.342. The first-order valence-corrected chi connectivity index (χ1v) is 5.82. The van der Waals surface area contributed by atoms with Crippen LogP contribution in [0.4, 0.5) is 0 Å². The number of aliphatic hydroxyl groups is 1. The van der Waals surface area contributed by atoms with Crippen LogP contribution < -0.4 is 5.32 Å². The van der Waals surface area contributed by atoms with Gasteiger partial charge in [0.2, 0.25) is 5.91 Å². The van der Waals surface area contributed by atoms with E-state index in [1.54, 1.807) is 0 Å². The Balaban J connectivity index is 2.88. The number of nitrogens with one attached hydrogen (secondary N) is 1. The Hall–Kier alpha value is -1.35. The summed E-state index contributed by atoms with van der Waals surface area (Å²) in [6, 6.07) is 6.31. The molecule has 0 radical (unpaired) electrons. The molecule has 17 heavy (non-hydrogen) atoms. The topological polar surface area (TPSA) is 49.3 Å². The summed E-state index contributed by atoms with van der Waals surface area (Å²) in [4.78, 5) is 11.0. The van der Waals surface area contributed by atoms with Crippen molar-refractivity contribution in [2.45, 2.75) is 39.7 Å². The zero-order chi connectivity index (χ0) is 13.1. The first-order chi connectivity index (χ1) is 7.84. The third-order valence-corrected chi connectivity index (χ3v) is 2.83. The first-order valence-electron chi connectivity index (χ1n) is 5.82. The molecule has 0 atom stereocenters. The van der Waals surface area contributed by atoms with Gasteiger partial charge in [-0.2, -0.15) is 0 Å². The normalized spacial score (nSPS) is 11.4. The molecule has 0 bridgehead atoms. The second kappa shape index (κ2) is 5.32. The lowest BCUT2D eigenvalue weighted by Crippen LogP contribution is -2.26. The Bertz CT molecular complexity index is 405. The van der Waals surface area contributed by atoms with Crippen LogP contribution in [0, 0.1) is 6.92 Å². The second-order valence-electron chi connectivity index (χ2n) is 5.33. The third kappa shape index (κ3) is 3.86.